The summed E-state index contributed by atoms with van der Waals surface area (Å²) in [6.07, 6.45) is 0.390. The van der Waals surface area contributed by atoms with Crippen molar-refractivity contribution in [3.05, 3.63) is 35.9 Å². The van der Waals surface area contributed by atoms with Crippen molar-refractivity contribution in [2.45, 2.75) is 38.9 Å². The summed E-state index contributed by atoms with van der Waals surface area (Å²) in [4.78, 5) is 24.6. The first kappa shape index (κ1) is 19.1. The molecule has 6 nitrogen and oxygen atoms in total. The summed E-state index contributed by atoms with van der Waals surface area (Å²) in [6, 6.07) is 7.94. The molecule has 1 rings (SSSR count). The molecule has 3 N–H and O–H groups in total. The minimum Gasteiger partial charge on any atom is -0.480 e. The van der Waals surface area contributed by atoms with Crippen molar-refractivity contribution in [3.8, 4) is 0 Å². The Morgan fingerprint density at radius 1 is 1.09 bits per heavy atom. The summed E-state index contributed by atoms with van der Waals surface area (Å²) < 4.78 is 0. The molecule has 0 aliphatic carbocycles. The van der Waals surface area contributed by atoms with E-state index >= 15 is 0 Å². The van der Waals surface area contributed by atoms with E-state index in [4.69, 9.17) is 0 Å². The fourth-order valence-electron chi connectivity index (χ4n) is 2.43. The predicted octanol–water partition coefficient (Wildman–Crippen LogP) is 1.66. The first-order valence-electron chi connectivity index (χ1n) is 7.73. The molecular weight excluding hydrogens is 296 g/mol. The number of benzene rings is 1. The lowest BCUT2D eigenvalue weighted by Crippen LogP contribution is -2.52. The molecule has 128 valence electrons. The van der Waals surface area contributed by atoms with Crippen LogP contribution in [0.5, 0.6) is 0 Å². The number of nitrogens with zero attached hydrogens (tertiary/aromatic N) is 1. The number of rotatable bonds is 10. The normalized spacial score (nSPS) is 14.0. The van der Waals surface area contributed by atoms with Crippen molar-refractivity contribution in [2.24, 2.45) is 5.92 Å². The third-order valence-electron chi connectivity index (χ3n) is 3.50. The highest BCUT2D eigenvalue weighted by molar-refractivity contribution is 5.77. The molecule has 0 saturated carbocycles. The lowest BCUT2D eigenvalue weighted by molar-refractivity contribution is -0.143. The maximum atomic E-state index is 11.4. The van der Waals surface area contributed by atoms with Gasteiger partial charge >= 0.3 is 11.9 Å². The van der Waals surface area contributed by atoms with E-state index in [0.717, 1.165) is 5.56 Å². The van der Waals surface area contributed by atoms with Crippen LogP contribution in [0.2, 0.25) is 0 Å². The molecule has 0 radical (unpaired) electrons. The summed E-state index contributed by atoms with van der Waals surface area (Å²) in [5.41, 5.74) is 1.08. The van der Waals surface area contributed by atoms with Crippen molar-refractivity contribution in [1.82, 2.24) is 10.2 Å². The molecule has 23 heavy (non-hydrogen) atoms. The Balaban J connectivity index is 2.66. The van der Waals surface area contributed by atoms with Crippen molar-refractivity contribution in [2.75, 3.05) is 13.6 Å². The number of carboxylic acids is 2. The van der Waals surface area contributed by atoms with Gasteiger partial charge in [-0.25, -0.2) is 0 Å². The second-order valence-electron chi connectivity index (χ2n) is 6.26. The largest absolute Gasteiger partial charge is 0.480 e. The molecule has 1 aromatic carbocycles. The highest BCUT2D eigenvalue weighted by atomic mass is 16.4. The van der Waals surface area contributed by atoms with Crippen LogP contribution in [0, 0.1) is 5.92 Å². The number of aliphatic carboxylic acids is 2. The Bertz CT molecular complexity index is 505. The van der Waals surface area contributed by atoms with Gasteiger partial charge in [-0.1, -0.05) is 44.2 Å². The van der Waals surface area contributed by atoms with Crippen molar-refractivity contribution in [3.63, 3.8) is 0 Å². The summed E-state index contributed by atoms with van der Waals surface area (Å²) in [7, 11) is 1.82. The van der Waals surface area contributed by atoms with Crippen LogP contribution < -0.4 is 5.32 Å². The molecule has 0 spiro atoms. The van der Waals surface area contributed by atoms with Crippen LogP contribution in [-0.4, -0.2) is 52.7 Å². The number of hydrogen-bond acceptors (Lipinski definition) is 4. The van der Waals surface area contributed by atoms with Crippen LogP contribution in [-0.2, 0) is 16.1 Å². The summed E-state index contributed by atoms with van der Waals surface area (Å²) in [5, 5.41) is 21.4. The molecule has 2 atom stereocenters. The Hall–Kier alpha value is -1.92. The van der Waals surface area contributed by atoms with Crippen molar-refractivity contribution < 1.29 is 19.8 Å². The summed E-state index contributed by atoms with van der Waals surface area (Å²) in [6.45, 7) is 4.66. The SMILES string of the molecule is CC(C)CC(N[C@H](CN(C)Cc1ccccc1)C(=O)O)C(=O)O. The van der Waals surface area contributed by atoms with E-state index in [2.05, 4.69) is 5.32 Å². The highest BCUT2D eigenvalue weighted by Crippen LogP contribution is 2.08. The molecule has 0 aromatic heterocycles. The number of carbonyl (C=O) groups is 2. The molecule has 0 amide bonds. The van der Waals surface area contributed by atoms with Gasteiger partial charge in [-0.2, -0.15) is 0 Å². The average Bonchev–Trinajstić information content (AvgIpc) is 2.45. The fraction of sp³-hybridized carbons (Fsp3) is 0.529. The van der Waals surface area contributed by atoms with E-state index in [-0.39, 0.29) is 12.5 Å². The molecule has 1 aromatic rings. The van der Waals surface area contributed by atoms with Crippen LogP contribution in [0.1, 0.15) is 25.8 Å². The first-order valence-corrected chi connectivity index (χ1v) is 7.73. The quantitative estimate of drug-likeness (QED) is 0.607. The maximum Gasteiger partial charge on any atom is 0.322 e. The van der Waals surface area contributed by atoms with Gasteiger partial charge in [0.05, 0.1) is 0 Å². The molecular formula is C17H26N2O4. The smallest absolute Gasteiger partial charge is 0.322 e. The Morgan fingerprint density at radius 3 is 2.13 bits per heavy atom. The zero-order valence-corrected chi connectivity index (χ0v) is 13.9. The van der Waals surface area contributed by atoms with E-state index in [0.29, 0.717) is 13.0 Å². The average molecular weight is 322 g/mol. The molecule has 6 heteroatoms. The van der Waals surface area contributed by atoms with Crippen LogP contribution in [0.25, 0.3) is 0 Å². The van der Waals surface area contributed by atoms with E-state index in [1.807, 2.05) is 56.1 Å². The van der Waals surface area contributed by atoms with Crippen LogP contribution >= 0.6 is 0 Å². The predicted molar refractivity (Wildman–Crippen MR) is 88.2 cm³/mol. The van der Waals surface area contributed by atoms with E-state index < -0.39 is 24.0 Å². The first-order chi connectivity index (χ1) is 10.8. The number of carboxylic acid groups (broad SMARTS) is 2. The maximum absolute atomic E-state index is 11.4. The van der Waals surface area contributed by atoms with Crippen molar-refractivity contribution >= 4 is 11.9 Å². The van der Waals surface area contributed by atoms with E-state index in [1.165, 1.54) is 0 Å². The zero-order valence-electron chi connectivity index (χ0n) is 13.9. The highest BCUT2D eigenvalue weighted by Gasteiger charge is 2.27. The lowest BCUT2D eigenvalue weighted by Gasteiger charge is -2.25. The number of likely N-dealkylation sites (N-methyl/N-ethyl adjacent to an activating group) is 1. The Morgan fingerprint density at radius 2 is 1.65 bits per heavy atom. The third kappa shape index (κ3) is 7.25. The minimum atomic E-state index is -1.04. The molecule has 0 aliphatic rings. The van der Waals surface area contributed by atoms with Gasteiger partial charge in [-0.3, -0.25) is 19.8 Å². The van der Waals surface area contributed by atoms with Gasteiger partial charge in [0, 0.05) is 13.1 Å². The van der Waals surface area contributed by atoms with Gasteiger partial charge in [0.15, 0.2) is 0 Å². The van der Waals surface area contributed by atoms with Gasteiger partial charge < -0.3 is 10.2 Å². The van der Waals surface area contributed by atoms with Crippen LogP contribution in [0.4, 0.5) is 0 Å². The van der Waals surface area contributed by atoms with Gasteiger partial charge in [0.2, 0.25) is 0 Å². The molecule has 0 aliphatic heterocycles. The van der Waals surface area contributed by atoms with Gasteiger partial charge in [0.1, 0.15) is 12.1 Å². The molecule has 0 saturated heterocycles. The second-order valence-corrected chi connectivity index (χ2v) is 6.26. The minimum absolute atomic E-state index is 0.167. The zero-order chi connectivity index (χ0) is 17.4. The third-order valence-corrected chi connectivity index (χ3v) is 3.50. The number of hydrogen-bond donors (Lipinski definition) is 3. The van der Waals surface area contributed by atoms with Crippen molar-refractivity contribution in [1.29, 1.82) is 0 Å². The van der Waals surface area contributed by atoms with Gasteiger partial charge in [0.25, 0.3) is 0 Å². The fourth-order valence-corrected chi connectivity index (χ4v) is 2.43. The van der Waals surface area contributed by atoms with Gasteiger partial charge in [-0.15, -0.1) is 0 Å². The van der Waals surface area contributed by atoms with Crippen LogP contribution in [0.3, 0.4) is 0 Å². The molecule has 1 unspecified atom stereocenters. The van der Waals surface area contributed by atoms with E-state index in [9.17, 15) is 19.8 Å². The molecule has 0 bridgehead atoms. The second kappa shape index (κ2) is 9.27. The number of nitrogens with one attached hydrogen (secondary N) is 1. The monoisotopic (exact) mass is 322 g/mol. The Labute approximate surface area is 137 Å². The standard InChI is InChI=1S/C17H26N2O4/c1-12(2)9-14(16(20)21)18-15(17(22)23)11-19(3)10-13-7-5-4-6-8-13/h4-8,12,14-15,18H,9-11H2,1-3H3,(H,20,21)(H,22,23)/t14?,15-/m1/s1. The lowest BCUT2D eigenvalue weighted by atomic mass is 10.0. The van der Waals surface area contributed by atoms with E-state index in [1.54, 1.807) is 0 Å². The van der Waals surface area contributed by atoms with Crippen LogP contribution in [0.15, 0.2) is 30.3 Å². The summed E-state index contributed by atoms with van der Waals surface area (Å²) in [5.74, 6) is -1.89. The topological polar surface area (TPSA) is 89.9 Å². The molecule has 0 heterocycles. The van der Waals surface area contributed by atoms with Gasteiger partial charge in [-0.05, 0) is 24.9 Å². The summed E-state index contributed by atoms with van der Waals surface area (Å²) >= 11 is 0. The molecule has 0 fully saturated rings. The Kier molecular flexibility index (Phi) is 7.71.